The van der Waals surface area contributed by atoms with Gasteiger partial charge in [-0.2, -0.15) is 0 Å². The molecule has 0 radical (unpaired) electrons. The largest absolute Gasteiger partial charge is 0.414 e. The Morgan fingerprint density at radius 1 is 1.21 bits per heavy atom. The highest BCUT2D eigenvalue weighted by molar-refractivity contribution is 5.97. The number of hydrogen-bond donors (Lipinski definition) is 5. The molecule has 1 spiro atoms. The molecular formula is C44H56N2O7. The summed E-state index contributed by atoms with van der Waals surface area (Å²) in [4.78, 5) is 26.4. The maximum absolute atomic E-state index is 14.2. The van der Waals surface area contributed by atoms with Crippen LogP contribution in [0.5, 0.6) is 5.75 Å². The molecule has 6 rings (SSSR count). The van der Waals surface area contributed by atoms with Gasteiger partial charge in [0.05, 0.1) is 18.3 Å². The zero-order valence-electron chi connectivity index (χ0n) is 31.3. The monoisotopic (exact) mass is 724 g/mol. The second-order valence-electron chi connectivity index (χ2n) is 15.7. The lowest BCUT2D eigenvalue weighted by Gasteiger charge is -2.61. The molecule has 9 nitrogen and oxygen atoms in total. The highest BCUT2D eigenvalue weighted by Gasteiger charge is 2.70. The van der Waals surface area contributed by atoms with Crippen molar-refractivity contribution < 1.29 is 34.4 Å². The molecule has 5 aliphatic rings. The first kappa shape index (κ1) is 38.9. The first-order valence-electron chi connectivity index (χ1n) is 19.3. The summed E-state index contributed by atoms with van der Waals surface area (Å²) in [6.07, 6.45) is 13.4. The minimum Gasteiger partial charge on any atom is -0.410 e. The number of ketones is 1. The van der Waals surface area contributed by atoms with Crippen molar-refractivity contribution in [3.63, 3.8) is 0 Å². The summed E-state index contributed by atoms with van der Waals surface area (Å²) in [6, 6.07) is 5.36. The molecule has 1 aromatic rings. The van der Waals surface area contributed by atoms with Gasteiger partial charge in [0.15, 0.2) is 5.78 Å². The van der Waals surface area contributed by atoms with Crippen LogP contribution < -0.4 is 15.8 Å². The lowest BCUT2D eigenvalue weighted by atomic mass is 9.45. The van der Waals surface area contributed by atoms with Crippen LogP contribution in [-0.2, 0) is 16.0 Å². The van der Waals surface area contributed by atoms with E-state index in [1.165, 1.54) is 5.57 Å². The Balaban J connectivity index is 1.36. The standard InChI is InChI=1S/C44H56N2O7/c1-28-11-4-5-24-52-27-32(16-7-14-29(2)13-6-12-28)36-26-33-17-9-21-43(51)22-20-34(37(19-10-23-47)44(33,43)40(36)49)30(3)38(48)25-31-15-8-18-35-39(31)53-42(50)46-41(35)45/h7-8,12,14-16,18,33,36-37,40-41,47,49,51H,2,6,9-11,13,17,19-27,45H2,1,3H3,(H,46,50)/b14-7+,28-12+,32-16-,34-30+/t33-,36-,37-,40-,41-,43-,44-/m1/s1. The van der Waals surface area contributed by atoms with Crippen molar-refractivity contribution in [2.75, 3.05) is 19.8 Å². The minimum atomic E-state index is -1.13. The summed E-state index contributed by atoms with van der Waals surface area (Å²) in [7, 11) is 0. The molecule has 0 aromatic heterocycles. The van der Waals surface area contributed by atoms with Gasteiger partial charge in [-0.25, -0.2) is 4.79 Å². The number of aliphatic hydroxyl groups excluding tert-OH is 2. The number of amides is 1. The van der Waals surface area contributed by atoms with Gasteiger partial charge >= 0.3 is 6.09 Å². The number of rotatable bonds is 7. The number of carbonyl (C=O) groups excluding carboxylic acids is 2. The van der Waals surface area contributed by atoms with Crippen LogP contribution in [-0.4, -0.2) is 58.7 Å². The van der Waals surface area contributed by atoms with Crippen LogP contribution in [0.3, 0.4) is 0 Å². The third-order valence-corrected chi connectivity index (χ3v) is 12.7. The van der Waals surface area contributed by atoms with Gasteiger partial charge in [-0.05, 0) is 94.6 Å². The molecule has 0 saturated heterocycles. The summed E-state index contributed by atoms with van der Waals surface area (Å²) >= 11 is 0. The quantitative estimate of drug-likeness (QED) is 0.122. The number of para-hydroxylation sites is 1. The molecule has 1 amide bonds. The van der Waals surface area contributed by atoms with E-state index in [9.17, 15) is 24.9 Å². The highest BCUT2D eigenvalue weighted by Crippen LogP contribution is 2.69. The number of hydrogen-bond acceptors (Lipinski definition) is 8. The van der Waals surface area contributed by atoms with Crippen molar-refractivity contribution in [3.8, 4) is 17.6 Å². The SMILES string of the molecule is C=C1/C=C/C=C(\[C@H]2C[C@H]3CCC[C@@]4(O)CC/C(=C(/C)C(=O)Cc5cccc6c5OC(=O)N[C@H]6N)[C@@H](CCCO)[C@@]34[C@@H]2O)COCC#CC/C(C)=C/CC1. The first-order valence-corrected chi connectivity index (χ1v) is 19.3. The molecule has 3 aliphatic carbocycles. The highest BCUT2D eigenvalue weighted by atomic mass is 16.6. The summed E-state index contributed by atoms with van der Waals surface area (Å²) in [5.74, 6) is 5.96. The molecule has 2 heterocycles. The Labute approximate surface area is 314 Å². The number of aliphatic hydroxyl groups is 3. The fourth-order valence-corrected chi connectivity index (χ4v) is 10.2. The van der Waals surface area contributed by atoms with Crippen molar-refractivity contribution in [1.82, 2.24) is 5.32 Å². The molecule has 284 valence electrons. The Morgan fingerprint density at radius 3 is 2.85 bits per heavy atom. The molecular weight excluding hydrogens is 668 g/mol. The van der Waals surface area contributed by atoms with E-state index in [2.05, 4.69) is 36.7 Å². The molecule has 2 aliphatic heterocycles. The predicted molar refractivity (Wildman–Crippen MR) is 204 cm³/mol. The van der Waals surface area contributed by atoms with Crippen LogP contribution in [0.2, 0.25) is 0 Å². The molecule has 53 heavy (non-hydrogen) atoms. The van der Waals surface area contributed by atoms with Crippen molar-refractivity contribution in [2.45, 2.75) is 109 Å². The molecule has 3 fully saturated rings. The van der Waals surface area contributed by atoms with Crippen LogP contribution in [0, 0.1) is 35.0 Å². The number of allylic oxidation sites excluding steroid dienone is 8. The summed E-state index contributed by atoms with van der Waals surface area (Å²) in [5.41, 5.74) is 10.1. The van der Waals surface area contributed by atoms with Crippen LogP contribution in [0.15, 0.2) is 76.9 Å². The Kier molecular flexibility index (Phi) is 12.3. The molecule has 3 saturated carbocycles. The number of fused-ring (bicyclic) bond motifs is 1. The van der Waals surface area contributed by atoms with E-state index in [-0.39, 0.29) is 43.2 Å². The number of ether oxygens (including phenoxy) is 2. The van der Waals surface area contributed by atoms with Crippen molar-refractivity contribution >= 4 is 11.9 Å². The van der Waals surface area contributed by atoms with Gasteiger partial charge in [-0.15, -0.1) is 0 Å². The zero-order valence-corrected chi connectivity index (χ0v) is 31.3. The summed E-state index contributed by atoms with van der Waals surface area (Å²) in [6.45, 7) is 8.73. The van der Waals surface area contributed by atoms with Gasteiger partial charge in [-0.1, -0.05) is 84.1 Å². The number of carbonyl (C=O) groups is 2. The summed E-state index contributed by atoms with van der Waals surface area (Å²) in [5, 5.41) is 38.3. The maximum atomic E-state index is 14.2. The summed E-state index contributed by atoms with van der Waals surface area (Å²) < 4.78 is 11.6. The van der Waals surface area contributed by atoms with Gasteiger partial charge < -0.3 is 35.8 Å². The van der Waals surface area contributed by atoms with E-state index >= 15 is 0 Å². The maximum Gasteiger partial charge on any atom is 0.414 e. The second-order valence-corrected chi connectivity index (χ2v) is 15.7. The van der Waals surface area contributed by atoms with E-state index in [0.29, 0.717) is 74.0 Å². The van der Waals surface area contributed by atoms with Gasteiger partial charge in [0, 0.05) is 41.9 Å². The average Bonchev–Trinajstić information content (AvgIpc) is 3.42. The normalized spacial score (nSPS) is 35.5. The first-order chi connectivity index (χ1) is 25.5. The van der Waals surface area contributed by atoms with Crippen molar-refractivity contribution in [2.24, 2.45) is 28.9 Å². The topological polar surface area (TPSA) is 151 Å². The van der Waals surface area contributed by atoms with Crippen molar-refractivity contribution in [1.29, 1.82) is 0 Å². The van der Waals surface area contributed by atoms with Crippen LogP contribution in [0.25, 0.3) is 0 Å². The fraction of sp³-hybridized carbons (Fsp3) is 0.545. The predicted octanol–water partition coefficient (Wildman–Crippen LogP) is 6.44. The number of benzene rings is 1. The molecule has 7 atom stereocenters. The number of nitrogens with two attached hydrogens (primary N) is 1. The molecule has 1 aromatic carbocycles. The molecule has 0 unspecified atom stereocenters. The van der Waals surface area contributed by atoms with E-state index in [1.54, 1.807) is 18.2 Å². The van der Waals surface area contributed by atoms with Gasteiger partial charge in [0.2, 0.25) is 0 Å². The van der Waals surface area contributed by atoms with E-state index < -0.39 is 29.4 Å². The lowest BCUT2D eigenvalue weighted by Crippen LogP contribution is -2.65. The average molecular weight is 725 g/mol. The Bertz CT molecular complexity index is 1780. The second kappa shape index (κ2) is 16.7. The number of nitrogens with one attached hydrogen (secondary N) is 1. The van der Waals surface area contributed by atoms with E-state index in [0.717, 1.165) is 42.4 Å². The van der Waals surface area contributed by atoms with Gasteiger partial charge in [0.25, 0.3) is 0 Å². The Hall–Kier alpha value is -3.78. The van der Waals surface area contributed by atoms with Crippen molar-refractivity contribution in [3.05, 3.63) is 88.1 Å². The zero-order chi connectivity index (χ0) is 37.8. The molecule has 6 N–H and O–H groups in total. The Morgan fingerprint density at radius 2 is 2.04 bits per heavy atom. The van der Waals surface area contributed by atoms with E-state index in [1.807, 2.05) is 25.2 Å². The molecule has 9 heteroatoms. The number of Topliss-reactive ketones (excluding diaryl/α,β-unsaturated/α-hetero) is 1. The van der Waals surface area contributed by atoms with E-state index in [4.69, 9.17) is 15.2 Å². The van der Waals surface area contributed by atoms with Crippen LogP contribution in [0.1, 0.15) is 102 Å². The third-order valence-electron chi connectivity index (χ3n) is 12.7. The third kappa shape index (κ3) is 7.76. The smallest absolute Gasteiger partial charge is 0.410 e. The molecule has 0 bridgehead atoms. The van der Waals surface area contributed by atoms with Gasteiger partial charge in [0.1, 0.15) is 18.5 Å². The fourth-order valence-electron chi connectivity index (χ4n) is 10.2. The van der Waals surface area contributed by atoms with Crippen LogP contribution in [0.4, 0.5) is 4.79 Å². The van der Waals surface area contributed by atoms with Gasteiger partial charge in [-0.3, -0.25) is 4.79 Å². The minimum absolute atomic E-state index is 0.00276. The van der Waals surface area contributed by atoms with Crippen LogP contribution >= 0.6 is 0 Å². The lowest BCUT2D eigenvalue weighted by molar-refractivity contribution is -0.215.